The average molecular weight is 287 g/mol. The van der Waals surface area contributed by atoms with Crippen LogP contribution in [0.15, 0.2) is 0 Å². The zero-order valence-corrected chi connectivity index (χ0v) is 12.1. The molecule has 1 fully saturated rings. The Morgan fingerprint density at radius 2 is 2.00 bits per heavy atom. The van der Waals surface area contributed by atoms with Crippen LogP contribution in [0.1, 0.15) is 19.8 Å². The number of nitrogens with zero attached hydrogens (tertiary/aromatic N) is 4. The second kappa shape index (κ2) is 6.86. The van der Waals surface area contributed by atoms with Gasteiger partial charge in [0.15, 0.2) is 0 Å². The Morgan fingerprint density at radius 3 is 2.63 bits per heavy atom. The van der Waals surface area contributed by atoms with Crippen LogP contribution in [0.3, 0.4) is 0 Å². The third kappa shape index (κ3) is 3.91. The first-order valence-corrected chi connectivity index (χ1v) is 6.89. The van der Waals surface area contributed by atoms with Crippen LogP contribution in [0.5, 0.6) is 6.01 Å². The molecule has 0 radical (unpaired) electrons. The van der Waals surface area contributed by atoms with Crippen LogP contribution in [0, 0.1) is 5.92 Å². The smallest absolute Gasteiger partial charge is 0.322 e. The summed E-state index contributed by atoms with van der Waals surface area (Å²) in [5.41, 5.74) is 0. The quantitative estimate of drug-likeness (QED) is 0.822. The number of methoxy groups -OCH3 is 1. The summed E-state index contributed by atoms with van der Waals surface area (Å²) >= 11 is 5.89. The van der Waals surface area contributed by atoms with Crippen molar-refractivity contribution in [2.75, 3.05) is 38.3 Å². The van der Waals surface area contributed by atoms with E-state index in [9.17, 15) is 0 Å². The molecular formula is C12H19ClN4O2. The fourth-order valence-corrected chi connectivity index (χ4v) is 2.34. The summed E-state index contributed by atoms with van der Waals surface area (Å²) < 4.78 is 10.5. The van der Waals surface area contributed by atoms with E-state index in [0.29, 0.717) is 18.5 Å². The summed E-state index contributed by atoms with van der Waals surface area (Å²) in [5, 5.41) is 0.174. The zero-order chi connectivity index (χ0) is 13.7. The fourth-order valence-electron chi connectivity index (χ4n) is 2.19. The number of piperidine rings is 1. The summed E-state index contributed by atoms with van der Waals surface area (Å²) in [6, 6.07) is 0.288. The van der Waals surface area contributed by atoms with Gasteiger partial charge in [0.05, 0.1) is 6.61 Å². The highest BCUT2D eigenvalue weighted by Crippen LogP contribution is 2.22. The minimum atomic E-state index is 0.174. The summed E-state index contributed by atoms with van der Waals surface area (Å²) in [7, 11) is 1.74. The lowest BCUT2D eigenvalue weighted by atomic mass is 9.98. The van der Waals surface area contributed by atoms with Crippen molar-refractivity contribution in [3.63, 3.8) is 0 Å². The van der Waals surface area contributed by atoms with Crippen LogP contribution in [0.25, 0.3) is 0 Å². The topological polar surface area (TPSA) is 60.4 Å². The minimum absolute atomic E-state index is 0.174. The molecule has 1 aromatic heterocycles. The largest absolute Gasteiger partial charge is 0.464 e. The van der Waals surface area contributed by atoms with E-state index in [1.165, 1.54) is 0 Å². The molecule has 0 unspecified atom stereocenters. The van der Waals surface area contributed by atoms with Crippen LogP contribution in [0.4, 0.5) is 5.95 Å². The predicted molar refractivity (Wildman–Crippen MR) is 72.8 cm³/mol. The molecule has 2 heterocycles. The molecule has 6 nitrogen and oxygen atoms in total. The fraction of sp³-hybridized carbons (Fsp3) is 0.750. The Hall–Kier alpha value is -1.14. The van der Waals surface area contributed by atoms with Gasteiger partial charge < -0.3 is 14.4 Å². The van der Waals surface area contributed by atoms with Crippen molar-refractivity contribution in [1.29, 1.82) is 0 Å². The van der Waals surface area contributed by atoms with Crippen LogP contribution >= 0.6 is 11.6 Å². The highest BCUT2D eigenvalue weighted by Gasteiger charge is 2.22. The van der Waals surface area contributed by atoms with Crippen molar-refractivity contribution >= 4 is 17.5 Å². The van der Waals surface area contributed by atoms with Gasteiger partial charge in [-0.15, -0.1) is 0 Å². The lowest BCUT2D eigenvalue weighted by molar-refractivity contribution is 0.139. The van der Waals surface area contributed by atoms with Crippen LogP contribution in [0.2, 0.25) is 5.28 Å². The summed E-state index contributed by atoms with van der Waals surface area (Å²) in [6.07, 6.45) is 2.14. The second-order valence-electron chi connectivity index (χ2n) is 4.51. The molecule has 0 bridgehead atoms. The molecule has 0 atom stereocenters. The van der Waals surface area contributed by atoms with Gasteiger partial charge in [0.2, 0.25) is 11.2 Å². The van der Waals surface area contributed by atoms with E-state index in [4.69, 9.17) is 21.1 Å². The molecule has 1 aliphatic rings. The number of hydrogen-bond acceptors (Lipinski definition) is 6. The first-order valence-electron chi connectivity index (χ1n) is 6.51. The number of anilines is 1. The maximum absolute atomic E-state index is 5.89. The molecule has 0 aliphatic carbocycles. The normalized spacial score (nSPS) is 16.7. The van der Waals surface area contributed by atoms with Gasteiger partial charge in [-0.05, 0) is 37.3 Å². The Labute approximate surface area is 118 Å². The molecule has 0 saturated carbocycles. The highest BCUT2D eigenvalue weighted by molar-refractivity contribution is 6.28. The average Bonchev–Trinajstić information content (AvgIpc) is 2.40. The molecule has 0 N–H and O–H groups in total. The number of rotatable bonds is 5. The van der Waals surface area contributed by atoms with E-state index < -0.39 is 0 Å². The first kappa shape index (κ1) is 14.3. The van der Waals surface area contributed by atoms with Crippen LogP contribution in [-0.4, -0.2) is 48.4 Å². The van der Waals surface area contributed by atoms with E-state index in [-0.39, 0.29) is 11.3 Å². The second-order valence-corrected chi connectivity index (χ2v) is 4.84. The Kier molecular flexibility index (Phi) is 5.15. The van der Waals surface area contributed by atoms with Gasteiger partial charge in [0.1, 0.15) is 0 Å². The molecule has 1 saturated heterocycles. The molecule has 0 spiro atoms. The predicted octanol–water partition coefficient (Wildman–Crippen LogP) is 1.79. The lowest BCUT2D eigenvalue weighted by Crippen LogP contribution is -2.36. The molecule has 19 heavy (non-hydrogen) atoms. The maximum atomic E-state index is 5.89. The van der Waals surface area contributed by atoms with Crippen molar-refractivity contribution in [3.8, 4) is 6.01 Å². The molecule has 1 aliphatic heterocycles. The number of aromatic nitrogens is 3. The Bertz CT molecular complexity index is 411. The van der Waals surface area contributed by atoms with Gasteiger partial charge in [0, 0.05) is 26.8 Å². The van der Waals surface area contributed by atoms with E-state index in [0.717, 1.165) is 32.5 Å². The Morgan fingerprint density at radius 1 is 1.26 bits per heavy atom. The molecule has 0 amide bonds. The maximum Gasteiger partial charge on any atom is 0.322 e. The Balaban J connectivity index is 2.02. The van der Waals surface area contributed by atoms with E-state index in [1.54, 1.807) is 7.11 Å². The van der Waals surface area contributed by atoms with Crippen molar-refractivity contribution in [2.45, 2.75) is 19.8 Å². The SMILES string of the molecule is CCOc1nc(Cl)nc(N2CCC(COC)CC2)n1. The minimum Gasteiger partial charge on any atom is -0.464 e. The summed E-state index contributed by atoms with van der Waals surface area (Å²) in [6.45, 7) is 5.01. The van der Waals surface area contributed by atoms with E-state index >= 15 is 0 Å². The van der Waals surface area contributed by atoms with Gasteiger partial charge in [-0.2, -0.15) is 15.0 Å². The van der Waals surface area contributed by atoms with Gasteiger partial charge in [0.25, 0.3) is 0 Å². The third-order valence-corrected chi connectivity index (χ3v) is 3.32. The van der Waals surface area contributed by atoms with Gasteiger partial charge in [-0.3, -0.25) is 0 Å². The summed E-state index contributed by atoms with van der Waals surface area (Å²) in [5.74, 6) is 1.21. The molecule has 106 valence electrons. The van der Waals surface area contributed by atoms with Gasteiger partial charge >= 0.3 is 6.01 Å². The van der Waals surface area contributed by atoms with Crippen molar-refractivity contribution in [3.05, 3.63) is 5.28 Å². The zero-order valence-electron chi connectivity index (χ0n) is 11.3. The molecule has 0 aromatic carbocycles. The van der Waals surface area contributed by atoms with Crippen molar-refractivity contribution in [1.82, 2.24) is 15.0 Å². The molecule has 2 rings (SSSR count). The third-order valence-electron chi connectivity index (χ3n) is 3.15. The molecular weight excluding hydrogens is 268 g/mol. The van der Waals surface area contributed by atoms with Gasteiger partial charge in [-0.25, -0.2) is 0 Å². The standard InChI is InChI=1S/C12H19ClN4O2/c1-3-19-12-15-10(13)14-11(16-12)17-6-4-9(5-7-17)8-18-2/h9H,3-8H2,1-2H3. The number of halogens is 1. The number of hydrogen-bond donors (Lipinski definition) is 0. The van der Waals surface area contributed by atoms with Crippen LogP contribution in [-0.2, 0) is 4.74 Å². The van der Waals surface area contributed by atoms with E-state index in [1.807, 2.05) is 6.92 Å². The van der Waals surface area contributed by atoms with Crippen molar-refractivity contribution < 1.29 is 9.47 Å². The highest BCUT2D eigenvalue weighted by atomic mass is 35.5. The van der Waals surface area contributed by atoms with Crippen LogP contribution < -0.4 is 9.64 Å². The summed E-state index contributed by atoms with van der Waals surface area (Å²) in [4.78, 5) is 14.5. The van der Waals surface area contributed by atoms with Crippen molar-refractivity contribution in [2.24, 2.45) is 5.92 Å². The monoisotopic (exact) mass is 286 g/mol. The lowest BCUT2D eigenvalue weighted by Gasteiger charge is -2.31. The van der Waals surface area contributed by atoms with Gasteiger partial charge in [-0.1, -0.05) is 0 Å². The van der Waals surface area contributed by atoms with E-state index in [2.05, 4.69) is 19.9 Å². The first-order chi connectivity index (χ1) is 9.22. The molecule has 7 heteroatoms. The molecule has 1 aromatic rings. The number of ether oxygens (including phenoxy) is 2.